The summed E-state index contributed by atoms with van der Waals surface area (Å²) in [6.07, 6.45) is 4.97. The lowest BCUT2D eigenvalue weighted by Gasteiger charge is -2.33. The molecule has 2 rings (SSSR count). The molecule has 1 aromatic rings. The number of hydrogen-bond donors (Lipinski definition) is 1. The third kappa shape index (κ3) is 2.63. The van der Waals surface area contributed by atoms with E-state index in [2.05, 4.69) is 0 Å². The number of carbonyl (C=O) groups is 2. The van der Waals surface area contributed by atoms with E-state index in [1.54, 1.807) is 11.8 Å². The molecule has 0 radical (unpaired) electrons. The lowest BCUT2D eigenvalue weighted by Crippen LogP contribution is -2.35. The van der Waals surface area contributed by atoms with Gasteiger partial charge >= 0.3 is 5.97 Å². The van der Waals surface area contributed by atoms with Gasteiger partial charge in [-0.15, -0.1) is 0 Å². The van der Waals surface area contributed by atoms with Gasteiger partial charge < -0.3 is 14.9 Å². The Hall–Kier alpha value is -1.43. The molecule has 0 atom stereocenters. The van der Waals surface area contributed by atoms with Gasteiger partial charge in [0, 0.05) is 11.3 Å². The third-order valence-electron chi connectivity index (χ3n) is 2.74. The van der Waals surface area contributed by atoms with Crippen molar-refractivity contribution in [3.63, 3.8) is 0 Å². The first-order chi connectivity index (χ1) is 8.10. The van der Waals surface area contributed by atoms with Crippen LogP contribution in [0.1, 0.15) is 33.8 Å². The Morgan fingerprint density at radius 2 is 2.24 bits per heavy atom. The molecule has 0 aliphatic heterocycles. The van der Waals surface area contributed by atoms with Gasteiger partial charge in [0.25, 0.3) is 5.91 Å². The summed E-state index contributed by atoms with van der Waals surface area (Å²) in [7, 11) is 0. The van der Waals surface area contributed by atoms with E-state index in [-0.39, 0.29) is 17.4 Å². The number of nitrogens with two attached hydrogens (primary N) is 1. The SMILES string of the molecule is CSC1CC(OC(=O)c2coc(C(N)=O)c2)C1. The first kappa shape index (κ1) is 12.0. The Morgan fingerprint density at radius 1 is 1.53 bits per heavy atom. The van der Waals surface area contributed by atoms with Gasteiger partial charge in [0.2, 0.25) is 0 Å². The summed E-state index contributed by atoms with van der Waals surface area (Å²) >= 11 is 1.78. The number of furan rings is 1. The average molecular weight is 255 g/mol. The van der Waals surface area contributed by atoms with E-state index in [1.165, 1.54) is 12.3 Å². The lowest BCUT2D eigenvalue weighted by molar-refractivity contribution is 0.0109. The Balaban J connectivity index is 1.89. The van der Waals surface area contributed by atoms with Crippen LogP contribution in [0.4, 0.5) is 0 Å². The van der Waals surface area contributed by atoms with Crippen molar-refractivity contribution in [1.29, 1.82) is 0 Å². The molecule has 1 heterocycles. The van der Waals surface area contributed by atoms with Crippen LogP contribution in [0.5, 0.6) is 0 Å². The molecule has 1 aliphatic carbocycles. The van der Waals surface area contributed by atoms with E-state index in [1.807, 2.05) is 6.26 Å². The fraction of sp³-hybridized carbons (Fsp3) is 0.455. The van der Waals surface area contributed by atoms with Crippen molar-refractivity contribution in [1.82, 2.24) is 0 Å². The summed E-state index contributed by atoms with van der Waals surface area (Å²) < 4.78 is 10.1. The molecule has 1 aliphatic rings. The van der Waals surface area contributed by atoms with Crippen molar-refractivity contribution in [3.8, 4) is 0 Å². The molecule has 0 unspecified atom stereocenters. The Bertz CT molecular complexity index is 436. The molecule has 1 aromatic heterocycles. The van der Waals surface area contributed by atoms with Gasteiger partial charge in [0.05, 0.1) is 5.56 Å². The second-order valence-electron chi connectivity index (χ2n) is 3.92. The van der Waals surface area contributed by atoms with E-state index < -0.39 is 11.9 Å². The number of rotatable bonds is 4. The second-order valence-corrected chi connectivity index (χ2v) is 5.06. The molecule has 0 spiro atoms. The highest BCUT2D eigenvalue weighted by Gasteiger charge is 2.32. The van der Waals surface area contributed by atoms with Gasteiger partial charge in [0.15, 0.2) is 5.76 Å². The maximum atomic E-state index is 11.6. The van der Waals surface area contributed by atoms with Gasteiger partial charge in [-0.3, -0.25) is 4.79 Å². The van der Waals surface area contributed by atoms with E-state index in [0.717, 1.165) is 12.8 Å². The molecule has 17 heavy (non-hydrogen) atoms. The minimum absolute atomic E-state index is 0.0214. The van der Waals surface area contributed by atoms with Gasteiger partial charge in [-0.1, -0.05) is 0 Å². The van der Waals surface area contributed by atoms with Crippen LogP contribution in [-0.4, -0.2) is 29.5 Å². The third-order valence-corrected chi connectivity index (χ3v) is 3.79. The van der Waals surface area contributed by atoms with Crippen LogP contribution in [0, 0.1) is 0 Å². The van der Waals surface area contributed by atoms with Crippen molar-refractivity contribution in [2.75, 3.05) is 6.26 Å². The molecule has 0 bridgehead atoms. The fourth-order valence-corrected chi connectivity index (χ4v) is 2.41. The highest BCUT2D eigenvalue weighted by Crippen LogP contribution is 2.32. The number of primary amides is 1. The van der Waals surface area contributed by atoms with E-state index in [9.17, 15) is 9.59 Å². The number of amides is 1. The van der Waals surface area contributed by atoms with E-state index in [0.29, 0.717) is 5.25 Å². The zero-order valence-electron chi connectivity index (χ0n) is 9.34. The quantitative estimate of drug-likeness (QED) is 0.823. The van der Waals surface area contributed by atoms with Gasteiger partial charge in [0.1, 0.15) is 12.4 Å². The zero-order valence-corrected chi connectivity index (χ0v) is 10.2. The fourth-order valence-electron chi connectivity index (χ4n) is 1.60. The largest absolute Gasteiger partial charge is 0.459 e. The monoisotopic (exact) mass is 255 g/mol. The van der Waals surface area contributed by atoms with Gasteiger partial charge in [-0.05, 0) is 19.1 Å². The predicted molar refractivity (Wildman–Crippen MR) is 63.0 cm³/mol. The molecule has 1 saturated carbocycles. The van der Waals surface area contributed by atoms with E-state index in [4.69, 9.17) is 14.9 Å². The average Bonchev–Trinajstić information content (AvgIpc) is 2.71. The maximum Gasteiger partial charge on any atom is 0.341 e. The van der Waals surface area contributed by atoms with Crippen LogP contribution >= 0.6 is 11.8 Å². The number of ether oxygens (including phenoxy) is 1. The summed E-state index contributed by atoms with van der Waals surface area (Å²) in [5.41, 5.74) is 5.24. The number of thioether (sulfide) groups is 1. The molecular formula is C11H13NO4S. The number of esters is 1. The minimum Gasteiger partial charge on any atom is -0.459 e. The number of hydrogen-bond acceptors (Lipinski definition) is 5. The lowest BCUT2D eigenvalue weighted by atomic mass is 9.95. The van der Waals surface area contributed by atoms with Crippen molar-refractivity contribution in [2.24, 2.45) is 5.73 Å². The molecule has 0 saturated heterocycles. The molecule has 2 N–H and O–H groups in total. The summed E-state index contributed by atoms with van der Waals surface area (Å²) in [6.45, 7) is 0. The number of carbonyl (C=O) groups excluding carboxylic acids is 2. The van der Waals surface area contributed by atoms with Crippen molar-refractivity contribution < 1.29 is 18.7 Å². The second kappa shape index (κ2) is 4.83. The standard InChI is InChI=1S/C11H13NO4S/c1-17-8-3-7(4-8)16-11(14)6-2-9(10(12)13)15-5-6/h2,5,7-8H,3-4H2,1H3,(H2,12,13). The first-order valence-corrected chi connectivity index (χ1v) is 6.51. The van der Waals surface area contributed by atoms with Crippen LogP contribution < -0.4 is 5.73 Å². The highest BCUT2D eigenvalue weighted by atomic mass is 32.2. The molecular weight excluding hydrogens is 242 g/mol. The van der Waals surface area contributed by atoms with Crippen molar-refractivity contribution >= 4 is 23.6 Å². The van der Waals surface area contributed by atoms with Crippen LogP contribution in [-0.2, 0) is 4.74 Å². The van der Waals surface area contributed by atoms with Crippen LogP contribution in [0.2, 0.25) is 0 Å². The predicted octanol–water partition coefficient (Wildman–Crippen LogP) is 1.43. The Kier molecular flexibility index (Phi) is 3.42. The molecule has 1 fully saturated rings. The molecule has 5 nitrogen and oxygen atoms in total. The Labute approximate surface area is 103 Å². The van der Waals surface area contributed by atoms with Gasteiger partial charge in [-0.2, -0.15) is 11.8 Å². The summed E-state index contributed by atoms with van der Waals surface area (Å²) in [5.74, 6) is -1.20. The zero-order chi connectivity index (χ0) is 12.4. The highest BCUT2D eigenvalue weighted by molar-refractivity contribution is 7.99. The summed E-state index contributed by atoms with van der Waals surface area (Å²) in [5, 5.41) is 0.582. The topological polar surface area (TPSA) is 82.5 Å². The molecule has 1 amide bonds. The molecule has 92 valence electrons. The summed E-state index contributed by atoms with van der Waals surface area (Å²) in [6, 6.07) is 1.30. The Morgan fingerprint density at radius 3 is 2.76 bits per heavy atom. The normalized spacial score (nSPS) is 22.9. The molecule has 0 aromatic carbocycles. The smallest absolute Gasteiger partial charge is 0.341 e. The van der Waals surface area contributed by atoms with Gasteiger partial charge in [-0.25, -0.2) is 4.79 Å². The first-order valence-electron chi connectivity index (χ1n) is 5.22. The van der Waals surface area contributed by atoms with Crippen LogP contribution in [0.25, 0.3) is 0 Å². The van der Waals surface area contributed by atoms with E-state index >= 15 is 0 Å². The van der Waals surface area contributed by atoms with Crippen LogP contribution in [0.3, 0.4) is 0 Å². The maximum absolute atomic E-state index is 11.6. The minimum atomic E-state index is -0.699. The molecule has 6 heteroatoms. The van der Waals surface area contributed by atoms with Crippen molar-refractivity contribution in [2.45, 2.75) is 24.2 Å². The van der Waals surface area contributed by atoms with Crippen LogP contribution in [0.15, 0.2) is 16.7 Å². The van der Waals surface area contributed by atoms with Crippen molar-refractivity contribution in [3.05, 3.63) is 23.7 Å². The summed E-state index contributed by atoms with van der Waals surface area (Å²) in [4.78, 5) is 22.4.